The third-order valence-corrected chi connectivity index (χ3v) is 4.29. The Balaban J connectivity index is 2.31. The second-order valence-electron chi connectivity index (χ2n) is 5.80. The van der Waals surface area contributed by atoms with E-state index in [1.165, 1.54) is 0 Å². The van der Waals surface area contributed by atoms with Crippen LogP contribution in [0.15, 0.2) is 24.3 Å². The average Bonchev–Trinajstić information content (AvgIpc) is 2.49. The van der Waals surface area contributed by atoms with Crippen molar-refractivity contribution < 1.29 is 4.79 Å². The number of benzene rings is 1. The van der Waals surface area contributed by atoms with Crippen LogP contribution in [0.1, 0.15) is 45.1 Å². The molecule has 112 valence electrons. The molecular formula is C17H23N3O. The zero-order valence-electron chi connectivity index (χ0n) is 13.0. The SMILES string of the molecule is CC[C@H](C)NC(=O)[C@@H]1C[C@H](C)N(CC#N)c2ccccc21. The van der Waals surface area contributed by atoms with Crippen LogP contribution in [0.25, 0.3) is 0 Å². The summed E-state index contributed by atoms with van der Waals surface area (Å²) < 4.78 is 0. The highest BCUT2D eigenvalue weighted by atomic mass is 16.1. The van der Waals surface area contributed by atoms with Gasteiger partial charge in [0.15, 0.2) is 0 Å². The Morgan fingerprint density at radius 1 is 1.52 bits per heavy atom. The number of anilines is 1. The summed E-state index contributed by atoms with van der Waals surface area (Å²) in [5.74, 6) is -0.0274. The fourth-order valence-corrected chi connectivity index (χ4v) is 2.89. The molecule has 3 atom stereocenters. The molecule has 1 aromatic rings. The summed E-state index contributed by atoms with van der Waals surface area (Å²) in [4.78, 5) is 14.6. The molecule has 21 heavy (non-hydrogen) atoms. The van der Waals surface area contributed by atoms with Crippen LogP contribution >= 0.6 is 0 Å². The van der Waals surface area contributed by atoms with Gasteiger partial charge in [-0.1, -0.05) is 25.1 Å². The molecule has 0 bridgehead atoms. The number of fused-ring (bicyclic) bond motifs is 1. The van der Waals surface area contributed by atoms with Crippen LogP contribution in [0.3, 0.4) is 0 Å². The van der Waals surface area contributed by atoms with Crippen LogP contribution in [-0.2, 0) is 4.79 Å². The fraction of sp³-hybridized carbons (Fsp3) is 0.529. The number of amides is 1. The van der Waals surface area contributed by atoms with Gasteiger partial charge in [-0.05, 0) is 38.3 Å². The number of hydrogen-bond acceptors (Lipinski definition) is 3. The van der Waals surface area contributed by atoms with Crippen molar-refractivity contribution in [3.05, 3.63) is 29.8 Å². The van der Waals surface area contributed by atoms with E-state index in [0.29, 0.717) is 6.54 Å². The highest BCUT2D eigenvalue weighted by Gasteiger charge is 2.34. The molecule has 2 rings (SSSR count). The Morgan fingerprint density at radius 2 is 2.24 bits per heavy atom. The molecule has 1 aromatic carbocycles. The average molecular weight is 285 g/mol. The van der Waals surface area contributed by atoms with E-state index in [1.54, 1.807) is 0 Å². The predicted octanol–water partition coefficient (Wildman–Crippen LogP) is 2.81. The summed E-state index contributed by atoms with van der Waals surface area (Å²) in [7, 11) is 0. The van der Waals surface area contributed by atoms with Crippen molar-refractivity contribution in [3.63, 3.8) is 0 Å². The summed E-state index contributed by atoms with van der Waals surface area (Å²) >= 11 is 0. The maximum absolute atomic E-state index is 12.5. The van der Waals surface area contributed by atoms with Crippen molar-refractivity contribution in [1.82, 2.24) is 5.32 Å². The first kappa shape index (κ1) is 15.4. The van der Waals surface area contributed by atoms with E-state index < -0.39 is 0 Å². The Labute approximate surface area is 126 Å². The zero-order chi connectivity index (χ0) is 15.4. The number of carbonyl (C=O) groups excluding carboxylic acids is 1. The van der Waals surface area contributed by atoms with Crippen molar-refractivity contribution >= 4 is 11.6 Å². The Morgan fingerprint density at radius 3 is 2.90 bits per heavy atom. The molecule has 0 spiro atoms. The van der Waals surface area contributed by atoms with Gasteiger partial charge in [0, 0.05) is 17.8 Å². The first-order valence-electron chi connectivity index (χ1n) is 7.61. The van der Waals surface area contributed by atoms with E-state index in [4.69, 9.17) is 5.26 Å². The van der Waals surface area contributed by atoms with Gasteiger partial charge in [-0.2, -0.15) is 5.26 Å². The molecule has 0 radical (unpaired) electrons. The van der Waals surface area contributed by atoms with E-state index in [9.17, 15) is 4.79 Å². The molecule has 0 fully saturated rings. The molecule has 0 aromatic heterocycles. The van der Waals surface area contributed by atoms with E-state index in [1.807, 2.05) is 31.2 Å². The third kappa shape index (κ3) is 3.18. The summed E-state index contributed by atoms with van der Waals surface area (Å²) in [6.45, 7) is 6.53. The van der Waals surface area contributed by atoms with Gasteiger partial charge in [0.1, 0.15) is 6.54 Å². The van der Waals surface area contributed by atoms with Gasteiger partial charge in [-0.15, -0.1) is 0 Å². The Hall–Kier alpha value is -2.02. The summed E-state index contributed by atoms with van der Waals surface area (Å²) in [6.07, 6.45) is 1.68. The van der Waals surface area contributed by atoms with Crippen LogP contribution in [0.2, 0.25) is 0 Å². The van der Waals surface area contributed by atoms with Gasteiger partial charge < -0.3 is 10.2 Å². The minimum atomic E-state index is -0.125. The van der Waals surface area contributed by atoms with Gasteiger partial charge in [0.05, 0.1) is 12.0 Å². The normalized spacial score (nSPS) is 22.1. The second-order valence-corrected chi connectivity index (χ2v) is 5.80. The van der Waals surface area contributed by atoms with Crippen LogP contribution in [-0.4, -0.2) is 24.5 Å². The monoisotopic (exact) mass is 285 g/mol. The highest BCUT2D eigenvalue weighted by Crippen LogP contribution is 2.38. The first-order valence-corrected chi connectivity index (χ1v) is 7.61. The maximum Gasteiger partial charge on any atom is 0.227 e. The van der Waals surface area contributed by atoms with E-state index >= 15 is 0 Å². The van der Waals surface area contributed by atoms with Crippen molar-refractivity contribution in [2.24, 2.45) is 0 Å². The third-order valence-electron chi connectivity index (χ3n) is 4.29. The molecule has 1 heterocycles. The first-order chi connectivity index (χ1) is 10.1. The molecule has 1 amide bonds. The van der Waals surface area contributed by atoms with Crippen LogP contribution in [0.4, 0.5) is 5.69 Å². The summed E-state index contributed by atoms with van der Waals surface area (Å²) in [6, 6.07) is 10.5. The standard InChI is InChI=1S/C17H23N3O/c1-4-12(2)19-17(21)15-11-13(3)20(10-9-18)16-8-6-5-7-14(15)16/h5-8,12-13,15H,4,10-11H2,1-3H3,(H,19,21)/t12-,13-,15+/m0/s1. The molecule has 1 aliphatic heterocycles. The lowest BCUT2D eigenvalue weighted by Crippen LogP contribution is -2.44. The van der Waals surface area contributed by atoms with E-state index in [0.717, 1.165) is 24.1 Å². The van der Waals surface area contributed by atoms with Crippen molar-refractivity contribution in [2.75, 3.05) is 11.4 Å². The Kier molecular flexibility index (Phi) is 4.85. The Bertz CT molecular complexity index is 549. The van der Waals surface area contributed by atoms with Crippen LogP contribution in [0.5, 0.6) is 0 Å². The van der Waals surface area contributed by atoms with Crippen molar-refractivity contribution in [2.45, 2.75) is 51.6 Å². The van der Waals surface area contributed by atoms with Crippen molar-refractivity contribution in [3.8, 4) is 6.07 Å². The number of para-hydroxylation sites is 1. The molecule has 4 nitrogen and oxygen atoms in total. The van der Waals surface area contributed by atoms with E-state index in [2.05, 4.69) is 30.1 Å². The molecule has 4 heteroatoms. The highest BCUT2D eigenvalue weighted by molar-refractivity contribution is 5.87. The number of nitrogens with one attached hydrogen (secondary N) is 1. The number of nitrogens with zero attached hydrogens (tertiary/aromatic N) is 2. The zero-order valence-corrected chi connectivity index (χ0v) is 13.0. The maximum atomic E-state index is 12.5. The van der Waals surface area contributed by atoms with Gasteiger partial charge in [-0.3, -0.25) is 4.79 Å². The van der Waals surface area contributed by atoms with Crippen molar-refractivity contribution in [1.29, 1.82) is 5.26 Å². The molecule has 1 aliphatic rings. The van der Waals surface area contributed by atoms with Crippen LogP contribution in [0, 0.1) is 11.3 Å². The molecule has 1 N–H and O–H groups in total. The lowest BCUT2D eigenvalue weighted by molar-refractivity contribution is -0.123. The molecule has 0 unspecified atom stereocenters. The minimum absolute atomic E-state index is 0.0975. The molecule has 0 aliphatic carbocycles. The molecule has 0 saturated carbocycles. The topological polar surface area (TPSA) is 56.1 Å². The number of rotatable bonds is 4. The minimum Gasteiger partial charge on any atom is -0.355 e. The lowest BCUT2D eigenvalue weighted by atomic mass is 9.85. The lowest BCUT2D eigenvalue weighted by Gasteiger charge is -2.39. The summed E-state index contributed by atoms with van der Waals surface area (Å²) in [5.41, 5.74) is 2.05. The van der Waals surface area contributed by atoms with Gasteiger partial charge >= 0.3 is 0 Å². The summed E-state index contributed by atoms with van der Waals surface area (Å²) in [5, 5.41) is 12.1. The fourth-order valence-electron chi connectivity index (χ4n) is 2.89. The quantitative estimate of drug-likeness (QED) is 0.865. The van der Waals surface area contributed by atoms with E-state index in [-0.39, 0.29) is 23.9 Å². The number of nitriles is 1. The van der Waals surface area contributed by atoms with Gasteiger partial charge in [-0.25, -0.2) is 0 Å². The smallest absolute Gasteiger partial charge is 0.227 e. The number of carbonyl (C=O) groups is 1. The van der Waals surface area contributed by atoms with Crippen LogP contribution < -0.4 is 10.2 Å². The largest absolute Gasteiger partial charge is 0.355 e. The second kappa shape index (κ2) is 6.62. The number of hydrogen-bond donors (Lipinski definition) is 1. The molecular weight excluding hydrogens is 262 g/mol. The predicted molar refractivity (Wildman–Crippen MR) is 84.1 cm³/mol. The molecule has 0 saturated heterocycles. The van der Waals surface area contributed by atoms with Gasteiger partial charge in [0.2, 0.25) is 5.91 Å². The van der Waals surface area contributed by atoms with Gasteiger partial charge in [0.25, 0.3) is 0 Å².